The number of hydrogen-bond donors (Lipinski definition) is 0. The summed E-state index contributed by atoms with van der Waals surface area (Å²) in [4.78, 5) is 27.5. The number of carbonyl (C=O) groups excluding carboxylic acids is 2. The highest BCUT2D eigenvalue weighted by Gasteiger charge is 2.59. The van der Waals surface area contributed by atoms with Crippen molar-refractivity contribution in [1.82, 2.24) is 0 Å². The SMILES string of the molecule is C=CC(=O)CCC1CC(C)(C)[C@H](CCC2CC(C)C(=C)C(C[C@@H]3OC4CC(O[Si](C)(C)C(C)(C)C)[C@@H](CCO[Si](C)(C)C(C)(C)C)O[C@H]4[C@H](C)C3OC(=O)C[C@H]3CCC4O[C@@H](C(C=C)O[Si](C)(C)C(C)(C)C)C(O[Si](C)(C)C(C)(C)C)C(O[Si](C)(C)C(C)(C)C)[C@H]4O3)O2)O1. The normalized spacial score (nSPS) is 33.9. The molecule has 0 amide bonds. The topological polar surface area (TPSA) is 145 Å². The molecule has 0 aromatic heterocycles. The van der Waals surface area contributed by atoms with E-state index in [0.717, 1.165) is 31.3 Å². The maximum absolute atomic E-state index is 15.3. The molecule has 19 heteroatoms. The standard InChI is InChI=1S/C75H140O14Si5/c1-33-51(76)35-36-54-47-75(21,22)62(80-54)40-38-52-43-48(3)49(4)58(79-52)45-60-65(50(5)64-61(82-60)46-59(87-92(27,28)72(12,13)14)56(83-64)41-42-78-90(23,24)70(6,7)8)85-63(77)44-53-37-39-57-67(81-53)69(89-94(31,32)74(18,19)20)68(88-93(29,30)73(15,16)17)66(84-57)55(34-2)86-91(25,26)71(9,10)11/h33-34,48,50,52-62,64-69H,1-2,4,35-47H2,3,5-32H3/t48?,50-,52?,53+,54?,55?,56+,57?,58?,59?,60-,61?,62-,64-,65?,66-,67-,68?,69?/m0/s1. The van der Waals surface area contributed by atoms with Gasteiger partial charge in [-0.05, 0) is 165 Å². The average molecular weight is 1410 g/mol. The summed E-state index contributed by atoms with van der Waals surface area (Å²) in [7, 11) is -11.8. The number of hydrogen-bond acceptors (Lipinski definition) is 14. The zero-order chi connectivity index (χ0) is 71.3. The smallest absolute Gasteiger partial charge is 0.308 e. The van der Waals surface area contributed by atoms with Gasteiger partial charge in [-0.25, -0.2) is 0 Å². The number of ether oxygens (including phenoxy) is 7. The van der Waals surface area contributed by atoms with Gasteiger partial charge in [0, 0.05) is 31.8 Å². The van der Waals surface area contributed by atoms with Gasteiger partial charge in [-0.3, -0.25) is 9.59 Å². The number of esters is 1. The Morgan fingerprint density at radius 2 is 1.15 bits per heavy atom. The summed E-state index contributed by atoms with van der Waals surface area (Å²) >= 11 is 0. The second-order valence-electron chi connectivity index (χ2n) is 38.0. The lowest BCUT2D eigenvalue weighted by Crippen LogP contribution is -2.69. The molecule has 0 N–H and O–H groups in total. The van der Waals surface area contributed by atoms with Crippen molar-refractivity contribution in [3.05, 3.63) is 37.5 Å². The molecule has 0 spiro atoms. The minimum atomic E-state index is -2.53. The number of allylic oxidation sites excluding steroid dienone is 1. The van der Waals surface area contributed by atoms with Gasteiger partial charge < -0.3 is 55.3 Å². The Hall–Kier alpha value is -0.996. The molecule has 94 heavy (non-hydrogen) atoms. The molecule has 14 nitrogen and oxygen atoms in total. The first kappa shape index (κ1) is 82.0. The van der Waals surface area contributed by atoms with Crippen LogP contribution in [-0.4, -0.2) is 164 Å². The van der Waals surface area contributed by atoms with Crippen molar-refractivity contribution in [3.63, 3.8) is 0 Å². The van der Waals surface area contributed by atoms with Gasteiger partial charge in [-0.2, -0.15) is 0 Å². The van der Waals surface area contributed by atoms with Gasteiger partial charge in [0.05, 0.1) is 79.7 Å². The second-order valence-corrected chi connectivity index (χ2v) is 61.9. The van der Waals surface area contributed by atoms with Gasteiger partial charge in [0.25, 0.3) is 0 Å². The highest BCUT2D eigenvalue weighted by molar-refractivity contribution is 6.76. The minimum absolute atomic E-state index is 0.0316. The number of carbonyl (C=O) groups is 2. The third-order valence-electron chi connectivity index (χ3n) is 25.1. The molecule has 19 atom stereocenters. The maximum Gasteiger partial charge on any atom is 0.308 e. The first-order valence-electron chi connectivity index (χ1n) is 36.6. The van der Waals surface area contributed by atoms with E-state index in [4.69, 9.17) is 61.9 Å². The molecule has 6 aliphatic rings. The van der Waals surface area contributed by atoms with E-state index in [1.54, 1.807) is 0 Å². The molecule has 6 heterocycles. The number of fused-ring (bicyclic) bond motifs is 2. The first-order chi connectivity index (χ1) is 42.7. The molecule has 0 radical (unpaired) electrons. The summed E-state index contributed by atoms with van der Waals surface area (Å²) in [6.45, 7) is 79.5. The Balaban J connectivity index is 1.33. The van der Waals surface area contributed by atoms with Crippen LogP contribution in [0.2, 0.25) is 90.7 Å². The van der Waals surface area contributed by atoms with Crippen LogP contribution in [0.15, 0.2) is 37.5 Å². The summed E-state index contributed by atoms with van der Waals surface area (Å²) in [5.41, 5.74) is 0.993. The fourth-order valence-electron chi connectivity index (χ4n) is 13.5. The Bertz CT molecular complexity index is 2550. The lowest BCUT2D eigenvalue weighted by molar-refractivity contribution is -0.275. The van der Waals surface area contributed by atoms with Crippen molar-refractivity contribution in [3.8, 4) is 0 Å². The highest BCUT2D eigenvalue weighted by atomic mass is 28.4. The molecule has 0 aliphatic carbocycles. The van der Waals surface area contributed by atoms with Crippen molar-refractivity contribution in [2.45, 2.75) is 403 Å². The van der Waals surface area contributed by atoms with Gasteiger partial charge in [0.1, 0.15) is 30.5 Å². The third-order valence-corrected chi connectivity index (χ3v) is 47.6. The van der Waals surface area contributed by atoms with E-state index in [0.29, 0.717) is 51.6 Å². The summed E-state index contributed by atoms with van der Waals surface area (Å²) in [5.74, 6) is -0.351. The molecule has 6 aliphatic heterocycles. The van der Waals surface area contributed by atoms with E-state index in [1.165, 1.54) is 6.08 Å². The first-order valence-corrected chi connectivity index (χ1v) is 51.1. The zero-order valence-corrected chi connectivity index (χ0v) is 70.2. The fraction of sp³-hybridized carbons (Fsp3) is 0.893. The van der Waals surface area contributed by atoms with E-state index >= 15 is 4.79 Å². The van der Waals surface area contributed by atoms with Crippen LogP contribution in [0.25, 0.3) is 0 Å². The van der Waals surface area contributed by atoms with Crippen LogP contribution in [0.4, 0.5) is 0 Å². The summed E-state index contributed by atoms with van der Waals surface area (Å²) in [6, 6.07) is 0. The van der Waals surface area contributed by atoms with Crippen LogP contribution in [-0.2, 0) is 64.9 Å². The molecular weight excluding hydrogens is 1270 g/mol. The fourth-order valence-corrected chi connectivity index (χ4v) is 19.8. The lowest BCUT2D eigenvalue weighted by atomic mass is 9.78. The molecule has 0 aromatic carbocycles. The van der Waals surface area contributed by atoms with E-state index in [9.17, 15) is 4.79 Å². The van der Waals surface area contributed by atoms with Crippen molar-refractivity contribution in [1.29, 1.82) is 0 Å². The van der Waals surface area contributed by atoms with Gasteiger partial charge >= 0.3 is 5.97 Å². The minimum Gasteiger partial charge on any atom is -0.459 e. The van der Waals surface area contributed by atoms with Crippen LogP contribution in [0.5, 0.6) is 0 Å². The molecule has 0 aromatic rings. The number of rotatable bonds is 26. The Kier molecular flexibility index (Phi) is 26.6. The van der Waals surface area contributed by atoms with Gasteiger partial charge in [0.2, 0.25) is 0 Å². The van der Waals surface area contributed by atoms with Crippen LogP contribution < -0.4 is 0 Å². The molecule has 6 fully saturated rings. The molecule has 544 valence electrons. The monoisotopic (exact) mass is 1400 g/mol. The second kappa shape index (κ2) is 30.5. The Labute approximate surface area is 579 Å². The summed E-state index contributed by atoms with van der Waals surface area (Å²) < 4.78 is 87.4. The van der Waals surface area contributed by atoms with E-state index < -0.39 is 90.4 Å². The van der Waals surface area contributed by atoms with E-state index in [-0.39, 0.29) is 116 Å². The van der Waals surface area contributed by atoms with Crippen molar-refractivity contribution < 1.29 is 64.9 Å². The van der Waals surface area contributed by atoms with Crippen LogP contribution in [0.1, 0.15) is 209 Å². The molecule has 6 saturated heterocycles. The summed E-state index contributed by atoms with van der Waals surface area (Å²) in [5, 5.41) is -0.292. The van der Waals surface area contributed by atoms with Gasteiger partial charge in [-0.1, -0.05) is 151 Å². The maximum atomic E-state index is 15.3. The molecule has 11 unspecified atom stereocenters. The number of ketones is 1. The quantitative estimate of drug-likeness (QED) is 0.0350. The Morgan fingerprint density at radius 1 is 0.585 bits per heavy atom. The molecular formula is C75H140O14Si5. The van der Waals surface area contributed by atoms with Crippen molar-refractivity contribution in [2.24, 2.45) is 17.3 Å². The average Bonchev–Trinajstić information content (AvgIpc) is 0.903. The molecule has 0 bridgehead atoms. The Morgan fingerprint density at radius 3 is 1.70 bits per heavy atom. The van der Waals surface area contributed by atoms with Crippen molar-refractivity contribution in [2.75, 3.05) is 6.61 Å². The zero-order valence-electron chi connectivity index (χ0n) is 65.2. The molecule has 6 rings (SSSR count). The van der Waals surface area contributed by atoms with Gasteiger partial charge in [-0.15, -0.1) is 6.58 Å². The largest absolute Gasteiger partial charge is 0.459 e. The van der Waals surface area contributed by atoms with Crippen molar-refractivity contribution >= 4 is 53.3 Å². The van der Waals surface area contributed by atoms with Crippen LogP contribution >= 0.6 is 0 Å². The highest BCUT2D eigenvalue weighted by Crippen LogP contribution is 2.51. The van der Waals surface area contributed by atoms with Gasteiger partial charge in [0.15, 0.2) is 47.4 Å². The van der Waals surface area contributed by atoms with Crippen LogP contribution in [0.3, 0.4) is 0 Å². The predicted molar refractivity (Wildman–Crippen MR) is 395 cm³/mol. The summed E-state index contributed by atoms with van der Waals surface area (Å²) in [6.07, 6.45) is 4.87. The van der Waals surface area contributed by atoms with E-state index in [1.807, 2.05) is 6.08 Å². The van der Waals surface area contributed by atoms with E-state index in [2.05, 4.69) is 210 Å². The lowest BCUT2D eigenvalue weighted by Gasteiger charge is -2.56. The predicted octanol–water partition coefficient (Wildman–Crippen LogP) is 18.6. The molecule has 0 saturated carbocycles. The third kappa shape index (κ3) is 19.8. The van der Waals surface area contributed by atoms with Crippen LogP contribution in [0, 0.1) is 17.3 Å².